The third-order valence-electron chi connectivity index (χ3n) is 2.62. The second-order valence-electron chi connectivity index (χ2n) is 4.04. The first-order valence-electron chi connectivity index (χ1n) is 4.75. The Hall–Kier alpha value is -0.120. The molecule has 3 unspecified atom stereocenters. The summed E-state index contributed by atoms with van der Waals surface area (Å²) >= 11 is 0. The monoisotopic (exact) mass is 172 g/mol. The van der Waals surface area contributed by atoms with Crippen molar-refractivity contribution in [2.45, 2.75) is 32.4 Å². The van der Waals surface area contributed by atoms with Gasteiger partial charge >= 0.3 is 0 Å². The fraction of sp³-hybridized carbons (Fsp3) is 1.00. The molecule has 0 aliphatic carbocycles. The zero-order valence-electron chi connectivity index (χ0n) is 8.03. The molecule has 0 aromatic carbocycles. The summed E-state index contributed by atoms with van der Waals surface area (Å²) in [5.74, 6) is 0.634. The van der Waals surface area contributed by atoms with Crippen molar-refractivity contribution in [1.82, 2.24) is 4.90 Å². The Labute approximate surface area is 74.5 Å². The summed E-state index contributed by atoms with van der Waals surface area (Å²) in [5.41, 5.74) is 5.92. The fourth-order valence-corrected chi connectivity index (χ4v) is 1.71. The van der Waals surface area contributed by atoms with E-state index < -0.39 is 0 Å². The minimum atomic E-state index is -0.231. The molecule has 1 fully saturated rings. The number of β-amino-alcohol motifs (C(OH)–C–C–N with tert-alkyl or cyclic N) is 1. The molecule has 1 heterocycles. The minimum Gasteiger partial charge on any atom is -0.392 e. The van der Waals surface area contributed by atoms with Crippen LogP contribution in [-0.2, 0) is 0 Å². The topological polar surface area (TPSA) is 49.5 Å². The predicted octanol–water partition coefficient (Wildman–Crippen LogP) is 0.0363. The first kappa shape index (κ1) is 9.96. The van der Waals surface area contributed by atoms with Crippen LogP contribution in [0.15, 0.2) is 0 Å². The van der Waals surface area contributed by atoms with Crippen molar-refractivity contribution in [2.75, 3.05) is 19.6 Å². The molecule has 1 saturated heterocycles. The van der Waals surface area contributed by atoms with Gasteiger partial charge < -0.3 is 10.8 Å². The van der Waals surface area contributed by atoms with E-state index in [1.165, 1.54) is 0 Å². The molecule has 0 spiro atoms. The van der Waals surface area contributed by atoms with E-state index >= 15 is 0 Å². The second kappa shape index (κ2) is 4.21. The summed E-state index contributed by atoms with van der Waals surface area (Å²) in [6.07, 6.45) is 0.930. The molecular formula is C9H20N2O. The SMILES string of the molecule is CC(O)CN1CCC(C)C(N)C1. The summed E-state index contributed by atoms with van der Waals surface area (Å²) < 4.78 is 0. The number of nitrogens with zero attached hydrogens (tertiary/aromatic N) is 1. The first-order valence-corrected chi connectivity index (χ1v) is 4.75. The molecule has 3 atom stereocenters. The van der Waals surface area contributed by atoms with Gasteiger partial charge in [-0.2, -0.15) is 0 Å². The lowest BCUT2D eigenvalue weighted by Gasteiger charge is -2.35. The van der Waals surface area contributed by atoms with Gasteiger partial charge in [0.2, 0.25) is 0 Å². The Kier molecular flexibility index (Phi) is 3.50. The van der Waals surface area contributed by atoms with Crippen LogP contribution in [0.4, 0.5) is 0 Å². The largest absolute Gasteiger partial charge is 0.392 e. The molecular weight excluding hydrogens is 152 g/mol. The average molecular weight is 172 g/mol. The number of piperidine rings is 1. The zero-order chi connectivity index (χ0) is 9.14. The van der Waals surface area contributed by atoms with E-state index in [4.69, 9.17) is 5.73 Å². The molecule has 1 rings (SSSR count). The number of hydrogen-bond acceptors (Lipinski definition) is 3. The maximum Gasteiger partial charge on any atom is 0.0639 e. The molecule has 0 aromatic heterocycles. The zero-order valence-corrected chi connectivity index (χ0v) is 8.03. The molecule has 3 N–H and O–H groups in total. The number of hydrogen-bond donors (Lipinski definition) is 2. The summed E-state index contributed by atoms with van der Waals surface area (Å²) in [5, 5.41) is 9.17. The van der Waals surface area contributed by atoms with Crippen molar-refractivity contribution in [3.63, 3.8) is 0 Å². The van der Waals surface area contributed by atoms with E-state index in [9.17, 15) is 5.11 Å². The van der Waals surface area contributed by atoms with Crippen molar-refractivity contribution < 1.29 is 5.11 Å². The highest BCUT2D eigenvalue weighted by molar-refractivity contribution is 4.80. The van der Waals surface area contributed by atoms with Crippen molar-refractivity contribution in [3.05, 3.63) is 0 Å². The van der Waals surface area contributed by atoms with Crippen LogP contribution in [0.25, 0.3) is 0 Å². The van der Waals surface area contributed by atoms with Crippen LogP contribution < -0.4 is 5.73 Å². The standard InChI is InChI=1S/C9H20N2O/c1-7-3-4-11(5-8(2)12)6-9(7)10/h7-9,12H,3-6,10H2,1-2H3. The van der Waals surface area contributed by atoms with Crippen molar-refractivity contribution in [1.29, 1.82) is 0 Å². The molecule has 3 nitrogen and oxygen atoms in total. The highest BCUT2D eigenvalue weighted by Gasteiger charge is 2.23. The molecule has 72 valence electrons. The van der Waals surface area contributed by atoms with E-state index in [0.29, 0.717) is 5.92 Å². The predicted molar refractivity (Wildman–Crippen MR) is 49.9 cm³/mol. The quantitative estimate of drug-likeness (QED) is 0.618. The highest BCUT2D eigenvalue weighted by atomic mass is 16.3. The number of nitrogens with two attached hydrogens (primary N) is 1. The number of aliphatic hydroxyl groups is 1. The van der Waals surface area contributed by atoms with Crippen LogP contribution in [0.2, 0.25) is 0 Å². The van der Waals surface area contributed by atoms with E-state index in [1.54, 1.807) is 0 Å². The summed E-state index contributed by atoms with van der Waals surface area (Å²) in [4.78, 5) is 2.25. The van der Waals surface area contributed by atoms with E-state index in [2.05, 4.69) is 11.8 Å². The Morgan fingerprint density at radius 2 is 2.33 bits per heavy atom. The number of likely N-dealkylation sites (tertiary alicyclic amines) is 1. The van der Waals surface area contributed by atoms with Crippen LogP contribution in [0, 0.1) is 5.92 Å². The lowest BCUT2D eigenvalue weighted by molar-refractivity contribution is 0.0938. The molecule has 12 heavy (non-hydrogen) atoms. The molecule has 0 bridgehead atoms. The molecule has 0 saturated carbocycles. The first-order chi connectivity index (χ1) is 5.59. The summed E-state index contributed by atoms with van der Waals surface area (Å²) in [6, 6.07) is 0.289. The van der Waals surface area contributed by atoms with Crippen LogP contribution in [0.3, 0.4) is 0 Å². The normalized spacial score (nSPS) is 35.0. The van der Waals surface area contributed by atoms with Crippen LogP contribution >= 0.6 is 0 Å². The molecule has 0 aromatic rings. The average Bonchev–Trinajstić information content (AvgIpc) is 1.96. The van der Waals surface area contributed by atoms with E-state index in [1.807, 2.05) is 6.92 Å². The second-order valence-corrected chi connectivity index (χ2v) is 4.04. The van der Waals surface area contributed by atoms with Gasteiger partial charge in [-0.1, -0.05) is 6.92 Å². The van der Waals surface area contributed by atoms with Crippen LogP contribution in [0.1, 0.15) is 20.3 Å². The molecule has 1 aliphatic heterocycles. The van der Waals surface area contributed by atoms with Gasteiger partial charge in [-0.25, -0.2) is 0 Å². The van der Waals surface area contributed by atoms with E-state index in [0.717, 1.165) is 26.1 Å². The van der Waals surface area contributed by atoms with Gasteiger partial charge in [-0.05, 0) is 25.8 Å². The Morgan fingerprint density at radius 1 is 1.67 bits per heavy atom. The lowest BCUT2D eigenvalue weighted by Crippen LogP contribution is -2.49. The van der Waals surface area contributed by atoms with Crippen molar-refractivity contribution >= 4 is 0 Å². The van der Waals surface area contributed by atoms with Crippen molar-refractivity contribution in [3.8, 4) is 0 Å². The maximum atomic E-state index is 9.17. The third kappa shape index (κ3) is 2.73. The smallest absolute Gasteiger partial charge is 0.0639 e. The van der Waals surface area contributed by atoms with Gasteiger partial charge in [0.1, 0.15) is 0 Å². The van der Waals surface area contributed by atoms with Gasteiger partial charge in [-0.15, -0.1) is 0 Å². The number of aliphatic hydroxyl groups excluding tert-OH is 1. The van der Waals surface area contributed by atoms with Gasteiger partial charge in [0.25, 0.3) is 0 Å². The number of rotatable bonds is 2. The Bertz CT molecular complexity index is 138. The molecule has 0 amide bonds. The van der Waals surface area contributed by atoms with Crippen LogP contribution in [-0.4, -0.2) is 41.8 Å². The molecule has 1 aliphatic rings. The van der Waals surface area contributed by atoms with Crippen LogP contribution in [0.5, 0.6) is 0 Å². The minimum absolute atomic E-state index is 0.231. The fourth-order valence-electron chi connectivity index (χ4n) is 1.71. The Morgan fingerprint density at radius 3 is 2.83 bits per heavy atom. The van der Waals surface area contributed by atoms with Gasteiger partial charge in [0.15, 0.2) is 0 Å². The lowest BCUT2D eigenvalue weighted by atomic mass is 9.94. The highest BCUT2D eigenvalue weighted by Crippen LogP contribution is 2.15. The van der Waals surface area contributed by atoms with E-state index in [-0.39, 0.29) is 12.1 Å². The van der Waals surface area contributed by atoms with Gasteiger partial charge in [0, 0.05) is 19.1 Å². The Balaban J connectivity index is 2.30. The summed E-state index contributed by atoms with van der Waals surface area (Å²) in [7, 11) is 0. The molecule has 3 heteroatoms. The van der Waals surface area contributed by atoms with Crippen molar-refractivity contribution in [2.24, 2.45) is 11.7 Å². The maximum absolute atomic E-state index is 9.17. The third-order valence-corrected chi connectivity index (χ3v) is 2.62. The summed E-state index contributed by atoms with van der Waals surface area (Å²) in [6.45, 7) is 6.81. The van der Waals surface area contributed by atoms with Gasteiger partial charge in [-0.3, -0.25) is 4.90 Å². The van der Waals surface area contributed by atoms with Gasteiger partial charge in [0.05, 0.1) is 6.10 Å². The molecule has 0 radical (unpaired) electrons.